The normalized spacial score (nSPS) is 10.0. The maximum Gasteiger partial charge on any atom is 0.0869 e. The maximum atomic E-state index is 4.02. The van der Waals surface area contributed by atoms with Crippen LogP contribution in [0.1, 0.15) is 5.69 Å². The van der Waals surface area contributed by atoms with Gasteiger partial charge < -0.3 is 0 Å². The van der Waals surface area contributed by atoms with Crippen molar-refractivity contribution in [3.8, 4) is 5.69 Å². The minimum atomic E-state index is 0.757. The minimum Gasteiger partial charge on any atom is -0.220 e. The third-order valence-corrected chi connectivity index (χ3v) is 1.92. The molecule has 0 spiro atoms. The van der Waals surface area contributed by atoms with Gasteiger partial charge in [-0.25, -0.2) is 4.68 Å². The SMILES string of the molecule is C=CCc1cn(-c2ccccc2)nn1. The molecule has 0 saturated carbocycles. The van der Waals surface area contributed by atoms with Gasteiger partial charge in [-0.1, -0.05) is 29.5 Å². The Morgan fingerprint density at radius 3 is 2.79 bits per heavy atom. The first-order valence-electron chi connectivity index (χ1n) is 4.47. The monoisotopic (exact) mass is 185 g/mol. The lowest BCUT2D eigenvalue weighted by molar-refractivity contribution is 0.799. The first kappa shape index (κ1) is 8.69. The molecular weight excluding hydrogens is 174 g/mol. The van der Waals surface area contributed by atoms with Gasteiger partial charge in [0.05, 0.1) is 17.6 Å². The van der Waals surface area contributed by atoms with Crippen LogP contribution in [0.15, 0.2) is 49.2 Å². The highest BCUT2D eigenvalue weighted by molar-refractivity contribution is 5.29. The number of aromatic nitrogens is 3. The van der Waals surface area contributed by atoms with E-state index in [1.165, 1.54) is 0 Å². The van der Waals surface area contributed by atoms with E-state index in [-0.39, 0.29) is 0 Å². The summed E-state index contributed by atoms with van der Waals surface area (Å²) in [4.78, 5) is 0. The van der Waals surface area contributed by atoms with Crippen molar-refractivity contribution in [2.45, 2.75) is 6.42 Å². The van der Waals surface area contributed by atoms with E-state index in [9.17, 15) is 0 Å². The summed E-state index contributed by atoms with van der Waals surface area (Å²) in [6, 6.07) is 9.91. The number of allylic oxidation sites excluding steroid dienone is 1. The predicted molar refractivity (Wildman–Crippen MR) is 55.3 cm³/mol. The molecule has 1 heterocycles. The highest BCUT2D eigenvalue weighted by Crippen LogP contribution is 2.05. The van der Waals surface area contributed by atoms with Gasteiger partial charge in [0.1, 0.15) is 0 Å². The van der Waals surface area contributed by atoms with Crippen molar-refractivity contribution in [1.82, 2.24) is 15.0 Å². The average molecular weight is 185 g/mol. The van der Waals surface area contributed by atoms with Crippen LogP contribution in [0.25, 0.3) is 5.69 Å². The lowest BCUT2D eigenvalue weighted by atomic mass is 10.3. The summed E-state index contributed by atoms with van der Waals surface area (Å²) < 4.78 is 1.76. The fraction of sp³-hybridized carbons (Fsp3) is 0.0909. The molecule has 0 bridgehead atoms. The topological polar surface area (TPSA) is 30.7 Å². The number of benzene rings is 1. The Kier molecular flexibility index (Phi) is 2.40. The van der Waals surface area contributed by atoms with Crippen LogP contribution >= 0.6 is 0 Å². The van der Waals surface area contributed by atoms with Crippen molar-refractivity contribution in [2.24, 2.45) is 0 Å². The second kappa shape index (κ2) is 3.87. The van der Waals surface area contributed by atoms with E-state index in [1.54, 1.807) is 4.68 Å². The van der Waals surface area contributed by atoms with Crippen LogP contribution in [0, 0.1) is 0 Å². The molecule has 0 aliphatic heterocycles. The highest BCUT2D eigenvalue weighted by atomic mass is 15.4. The van der Waals surface area contributed by atoms with Crippen LogP contribution < -0.4 is 0 Å². The summed E-state index contributed by atoms with van der Waals surface area (Å²) in [5.41, 5.74) is 1.96. The Labute approximate surface area is 82.7 Å². The van der Waals surface area contributed by atoms with Crippen molar-refractivity contribution in [2.75, 3.05) is 0 Å². The predicted octanol–water partition coefficient (Wildman–Crippen LogP) is 2.00. The lowest BCUT2D eigenvalue weighted by Crippen LogP contribution is -1.93. The van der Waals surface area contributed by atoms with E-state index in [1.807, 2.05) is 42.6 Å². The molecule has 0 aliphatic carbocycles. The molecule has 0 saturated heterocycles. The number of nitrogens with zero attached hydrogens (tertiary/aromatic N) is 3. The largest absolute Gasteiger partial charge is 0.220 e. The number of para-hydroxylation sites is 1. The summed E-state index contributed by atoms with van der Waals surface area (Å²) >= 11 is 0. The molecule has 1 aromatic carbocycles. The van der Waals surface area contributed by atoms with Crippen LogP contribution in [0.4, 0.5) is 0 Å². The van der Waals surface area contributed by atoms with E-state index in [0.29, 0.717) is 0 Å². The Morgan fingerprint density at radius 1 is 1.29 bits per heavy atom. The molecule has 70 valence electrons. The summed E-state index contributed by atoms with van der Waals surface area (Å²) in [6.07, 6.45) is 4.49. The number of hydrogen-bond acceptors (Lipinski definition) is 2. The highest BCUT2D eigenvalue weighted by Gasteiger charge is 1.99. The zero-order valence-electron chi connectivity index (χ0n) is 7.80. The van der Waals surface area contributed by atoms with Gasteiger partial charge in [0.15, 0.2) is 0 Å². The summed E-state index contributed by atoms with van der Waals surface area (Å²) in [5, 5.41) is 8.05. The van der Waals surface area contributed by atoms with E-state index < -0.39 is 0 Å². The van der Waals surface area contributed by atoms with Gasteiger partial charge in [-0.3, -0.25) is 0 Å². The van der Waals surface area contributed by atoms with Gasteiger partial charge in [-0.05, 0) is 12.1 Å². The van der Waals surface area contributed by atoms with Gasteiger partial charge in [0.2, 0.25) is 0 Å². The van der Waals surface area contributed by atoms with Gasteiger partial charge >= 0.3 is 0 Å². The molecule has 0 unspecified atom stereocenters. The third kappa shape index (κ3) is 1.71. The van der Waals surface area contributed by atoms with Crippen molar-refractivity contribution in [3.63, 3.8) is 0 Å². The zero-order valence-corrected chi connectivity index (χ0v) is 7.80. The molecule has 1 aromatic heterocycles. The van der Waals surface area contributed by atoms with Crippen molar-refractivity contribution >= 4 is 0 Å². The van der Waals surface area contributed by atoms with Crippen molar-refractivity contribution in [3.05, 3.63) is 54.9 Å². The summed E-state index contributed by atoms with van der Waals surface area (Å²) in [6.45, 7) is 3.66. The van der Waals surface area contributed by atoms with Gasteiger partial charge in [-0.15, -0.1) is 11.7 Å². The van der Waals surface area contributed by atoms with Crippen LogP contribution in [-0.4, -0.2) is 15.0 Å². The Bertz CT molecular complexity index is 417. The Balaban J connectivity index is 2.29. The first-order valence-corrected chi connectivity index (χ1v) is 4.47. The molecule has 2 aromatic rings. The van der Waals surface area contributed by atoms with Crippen LogP contribution in [0.5, 0.6) is 0 Å². The second-order valence-electron chi connectivity index (χ2n) is 2.98. The first-order chi connectivity index (χ1) is 6.90. The quantitative estimate of drug-likeness (QED) is 0.685. The zero-order chi connectivity index (χ0) is 9.80. The Morgan fingerprint density at radius 2 is 2.07 bits per heavy atom. The van der Waals surface area contributed by atoms with Crippen molar-refractivity contribution < 1.29 is 0 Å². The molecule has 3 heteroatoms. The molecular formula is C11H11N3. The van der Waals surface area contributed by atoms with E-state index in [0.717, 1.165) is 17.8 Å². The summed E-state index contributed by atoms with van der Waals surface area (Å²) in [5.74, 6) is 0. The van der Waals surface area contributed by atoms with Gasteiger partial charge in [-0.2, -0.15) is 0 Å². The molecule has 14 heavy (non-hydrogen) atoms. The van der Waals surface area contributed by atoms with E-state index in [4.69, 9.17) is 0 Å². The number of rotatable bonds is 3. The molecule has 0 amide bonds. The lowest BCUT2D eigenvalue weighted by Gasteiger charge is -1.96. The molecule has 3 nitrogen and oxygen atoms in total. The summed E-state index contributed by atoms with van der Waals surface area (Å²) in [7, 11) is 0. The fourth-order valence-corrected chi connectivity index (χ4v) is 1.25. The standard InChI is InChI=1S/C11H11N3/c1-2-6-10-9-14(13-12-10)11-7-4-3-5-8-11/h2-5,7-9H,1,6H2. The second-order valence-corrected chi connectivity index (χ2v) is 2.98. The van der Waals surface area contributed by atoms with Gasteiger partial charge in [0, 0.05) is 6.42 Å². The van der Waals surface area contributed by atoms with Gasteiger partial charge in [0.25, 0.3) is 0 Å². The average Bonchev–Trinajstić information content (AvgIpc) is 2.68. The smallest absolute Gasteiger partial charge is 0.0869 e. The molecule has 0 atom stereocenters. The molecule has 0 aliphatic rings. The maximum absolute atomic E-state index is 4.02. The van der Waals surface area contributed by atoms with E-state index >= 15 is 0 Å². The minimum absolute atomic E-state index is 0.757. The molecule has 0 fully saturated rings. The van der Waals surface area contributed by atoms with Crippen LogP contribution in [0.3, 0.4) is 0 Å². The third-order valence-electron chi connectivity index (χ3n) is 1.92. The number of hydrogen-bond donors (Lipinski definition) is 0. The van der Waals surface area contributed by atoms with Crippen LogP contribution in [0.2, 0.25) is 0 Å². The van der Waals surface area contributed by atoms with E-state index in [2.05, 4.69) is 16.9 Å². The molecule has 0 N–H and O–H groups in total. The molecule has 0 radical (unpaired) electrons. The fourth-order valence-electron chi connectivity index (χ4n) is 1.25. The van der Waals surface area contributed by atoms with Crippen molar-refractivity contribution in [1.29, 1.82) is 0 Å². The Hall–Kier alpha value is -1.90. The molecule has 2 rings (SSSR count). The van der Waals surface area contributed by atoms with Crippen LogP contribution in [-0.2, 0) is 6.42 Å².